The van der Waals surface area contributed by atoms with Gasteiger partial charge in [-0.15, -0.1) is 0 Å². The average molecular weight is 417 g/mol. The van der Waals surface area contributed by atoms with Gasteiger partial charge in [0.1, 0.15) is 0 Å². The van der Waals surface area contributed by atoms with Gasteiger partial charge in [-0.05, 0) is 51.1 Å². The third kappa shape index (κ3) is 3.68. The summed E-state index contributed by atoms with van der Waals surface area (Å²) < 4.78 is 3.22. The predicted octanol–water partition coefficient (Wildman–Crippen LogP) is 2.69. The molecule has 1 unspecified atom stereocenters. The third-order valence-corrected chi connectivity index (χ3v) is 5.42. The highest BCUT2D eigenvalue weighted by molar-refractivity contribution is 5.97. The molecule has 0 radical (unpaired) electrons. The zero-order valence-corrected chi connectivity index (χ0v) is 17.5. The van der Waals surface area contributed by atoms with Crippen molar-refractivity contribution in [2.45, 2.75) is 33.4 Å². The highest BCUT2D eigenvalue weighted by Gasteiger charge is 2.18. The second kappa shape index (κ2) is 8.06. The fourth-order valence-corrected chi connectivity index (χ4v) is 3.77. The van der Waals surface area contributed by atoms with Gasteiger partial charge < -0.3 is 14.9 Å². The second-order valence-corrected chi connectivity index (χ2v) is 7.36. The second-order valence-electron chi connectivity index (χ2n) is 7.36. The quantitative estimate of drug-likeness (QED) is 0.488. The minimum Gasteiger partial charge on any atom is -0.345 e. The van der Waals surface area contributed by atoms with Crippen LogP contribution in [0.5, 0.6) is 0 Å². The first-order chi connectivity index (χ1) is 14.9. The standard InChI is InChI=1S/C23H23N5O3/c1-4-27-20-11-10-16(12-19(20)26-22(30)23(27)31)21(29)25-14(2)18-13-24-28(15(18)3)17-8-6-5-7-9-17/h5-14H,4H2,1-3H3,(H,25,29)(H,26,30). The van der Waals surface area contributed by atoms with E-state index in [9.17, 15) is 14.4 Å². The SMILES string of the molecule is CCn1c(=O)c(=O)[nH]c2cc(C(=O)NC(C)c3cnn(-c4ccccc4)c3C)ccc21. The number of benzene rings is 2. The molecule has 2 aromatic carbocycles. The number of aromatic nitrogens is 4. The molecule has 8 heteroatoms. The summed E-state index contributed by atoms with van der Waals surface area (Å²) in [6.07, 6.45) is 1.76. The lowest BCUT2D eigenvalue weighted by molar-refractivity contribution is 0.0940. The first-order valence-electron chi connectivity index (χ1n) is 10.1. The van der Waals surface area contributed by atoms with E-state index in [-0.39, 0.29) is 11.9 Å². The van der Waals surface area contributed by atoms with E-state index in [4.69, 9.17) is 0 Å². The van der Waals surface area contributed by atoms with Crippen molar-refractivity contribution >= 4 is 16.9 Å². The van der Waals surface area contributed by atoms with Crippen LogP contribution in [0, 0.1) is 6.92 Å². The third-order valence-electron chi connectivity index (χ3n) is 5.42. The number of carbonyl (C=O) groups is 1. The number of fused-ring (bicyclic) bond motifs is 1. The lowest BCUT2D eigenvalue weighted by Gasteiger charge is -2.15. The van der Waals surface area contributed by atoms with Crippen molar-refractivity contribution < 1.29 is 4.79 Å². The number of carbonyl (C=O) groups excluding carboxylic acids is 1. The summed E-state index contributed by atoms with van der Waals surface area (Å²) in [5, 5.41) is 7.44. The van der Waals surface area contributed by atoms with E-state index in [1.165, 1.54) is 4.57 Å². The summed E-state index contributed by atoms with van der Waals surface area (Å²) in [6.45, 7) is 6.02. The number of hydrogen-bond acceptors (Lipinski definition) is 4. The maximum absolute atomic E-state index is 12.9. The number of para-hydroxylation sites is 1. The number of aryl methyl sites for hydroxylation is 1. The summed E-state index contributed by atoms with van der Waals surface area (Å²) in [5.41, 5.74) is 2.90. The Morgan fingerprint density at radius 2 is 1.90 bits per heavy atom. The van der Waals surface area contributed by atoms with Gasteiger partial charge in [-0.3, -0.25) is 14.4 Å². The fourth-order valence-electron chi connectivity index (χ4n) is 3.77. The summed E-state index contributed by atoms with van der Waals surface area (Å²) in [5.74, 6) is -0.281. The predicted molar refractivity (Wildman–Crippen MR) is 119 cm³/mol. The average Bonchev–Trinajstić information content (AvgIpc) is 3.16. The van der Waals surface area contributed by atoms with Gasteiger partial charge in [0.05, 0.1) is 29.0 Å². The van der Waals surface area contributed by atoms with Crippen molar-refractivity contribution in [2.24, 2.45) is 0 Å². The van der Waals surface area contributed by atoms with Crippen LogP contribution in [0.25, 0.3) is 16.7 Å². The number of aromatic amines is 1. The number of nitrogens with zero attached hydrogens (tertiary/aromatic N) is 3. The summed E-state index contributed by atoms with van der Waals surface area (Å²) in [4.78, 5) is 39.3. The maximum atomic E-state index is 12.9. The Hall–Kier alpha value is -3.94. The van der Waals surface area contributed by atoms with Gasteiger partial charge in [-0.2, -0.15) is 5.10 Å². The topological polar surface area (TPSA) is 102 Å². The smallest absolute Gasteiger partial charge is 0.316 e. The normalized spacial score (nSPS) is 12.1. The molecule has 2 N–H and O–H groups in total. The largest absolute Gasteiger partial charge is 0.345 e. The van der Waals surface area contributed by atoms with E-state index >= 15 is 0 Å². The Morgan fingerprint density at radius 3 is 2.61 bits per heavy atom. The number of rotatable bonds is 5. The highest BCUT2D eigenvalue weighted by atomic mass is 16.2. The van der Waals surface area contributed by atoms with Crippen molar-refractivity contribution in [3.8, 4) is 5.69 Å². The van der Waals surface area contributed by atoms with Crippen molar-refractivity contribution in [3.63, 3.8) is 0 Å². The molecular formula is C23H23N5O3. The Morgan fingerprint density at radius 1 is 1.16 bits per heavy atom. The number of nitrogens with one attached hydrogen (secondary N) is 2. The van der Waals surface area contributed by atoms with E-state index in [1.54, 1.807) is 31.3 Å². The van der Waals surface area contributed by atoms with Gasteiger partial charge in [0.25, 0.3) is 5.91 Å². The molecule has 31 heavy (non-hydrogen) atoms. The van der Waals surface area contributed by atoms with Gasteiger partial charge in [-0.1, -0.05) is 18.2 Å². The van der Waals surface area contributed by atoms with Gasteiger partial charge in [0.15, 0.2) is 0 Å². The van der Waals surface area contributed by atoms with E-state index < -0.39 is 11.1 Å². The minimum atomic E-state index is -0.704. The van der Waals surface area contributed by atoms with Gasteiger partial charge >= 0.3 is 11.1 Å². The van der Waals surface area contributed by atoms with Crippen LogP contribution in [-0.2, 0) is 6.54 Å². The molecule has 0 saturated carbocycles. The maximum Gasteiger partial charge on any atom is 0.316 e. The molecule has 2 heterocycles. The van der Waals surface area contributed by atoms with Crippen LogP contribution >= 0.6 is 0 Å². The Balaban J connectivity index is 1.61. The number of amides is 1. The molecule has 0 aliphatic carbocycles. The molecule has 0 aliphatic heterocycles. The van der Waals surface area contributed by atoms with Gasteiger partial charge in [0, 0.05) is 23.4 Å². The van der Waals surface area contributed by atoms with Crippen molar-refractivity contribution in [1.29, 1.82) is 0 Å². The zero-order chi connectivity index (χ0) is 22.1. The fraction of sp³-hybridized carbons (Fsp3) is 0.217. The molecule has 0 bridgehead atoms. The van der Waals surface area contributed by atoms with Crippen LogP contribution in [0.4, 0.5) is 0 Å². The summed E-state index contributed by atoms with van der Waals surface area (Å²) in [7, 11) is 0. The van der Waals surface area contributed by atoms with Crippen LogP contribution in [-0.4, -0.2) is 25.2 Å². The highest BCUT2D eigenvalue weighted by Crippen LogP contribution is 2.21. The van der Waals surface area contributed by atoms with Crippen molar-refractivity contribution in [3.05, 3.63) is 92.3 Å². The number of H-pyrrole nitrogens is 1. The van der Waals surface area contributed by atoms with E-state index in [2.05, 4.69) is 15.4 Å². The van der Waals surface area contributed by atoms with Crippen LogP contribution < -0.4 is 16.4 Å². The van der Waals surface area contributed by atoms with Crippen molar-refractivity contribution in [1.82, 2.24) is 24.6 Å². The minimum absolute atomic E-state index is 0.274. The van der Waals surface area contributed by atoms with Gasteiger partial charge in [0.2, 0.25) is 0 Å². The van der Waals surface area contributed by atoms with Crippen LogP contribution in [0.1, 0.15) is 41.5 Å². The molecule has 4 rings (SSSR count). The zero-order valence-electron chi connectivity index (χ0n) is 17.5. The Bertz CT molecular complexity index is 1380. The molecule has 1 atom stereocenters. The first-order valence-corrected chi connectivity index (χ1v) is 10.1. The van der Waals surface area contributed by atoms with E-state index in [0.29, 0.717) is 23.1 Å². The number of hydrogen-bond donors (Lipinski definition) is 2. The molecular weight excluding hydrogens is 394 g/mol. The molecule has 2 aromatic heterocycles. The van der Waals surface area contributed by atoms with Crippen LogP contribution in [0.15, 0.2) is 64.3 Å². The lowest BCUT2D eigenvalue weighted by Crippen LogP contribution is -2.36. The van der Waals surface area contributed by atoms with Crippen LogP contribution in [0.3, 0.4) is 0 Å². The summed E-state index contributed by atoms with van der Waals surface area (Å²) in [6, 6.07) is 14.4. The molecule has 0 fully saturated rings. The lowest BCUT2D eigenvalue weighted by atomic mass is 10.1. The van der Waals surface area contributed by atoms with Crippen LogP contribution in [0.2, 0.25) is 0 Å². The molecule has 0 spiro atoms. The summed E-state index contributed by atoms with van der Waals surface area (Å²) >= 11 is 0. The molecule has 0 saturated heterocycles. The molecule has 8 nitrogen and oxygen atoms in total. The van der Waals surface area contributed by atoms with E-state index in [0.717, 1.165) is 16.9 Å². The van der Waals surface area contributed by atoms with Gasteiger partial charge in [-0.25, -0.2) is 4.68 Å². The first kappa shape index (κ1) is 20.3. The molecule has 4 aromatic rings. The Kier molecular flexibility index (Phi) is 5.29. The molecule has 1 amide bonds. The van der Waals surface area contributed by atoms with Crippen molar-refractivity contribution in [2.75, 3.05) is 0 Å². The molecule has 0 aliphatic rings. The monoisotopic (exact) mass is 417 g/mol. The van der Waals surface area contributed by atoms with E-state index in [1.807, 2.05) is 48.9 Å². The Labute approximate surface area is 178 Å². The molecule has 158 valence electrons.